The van der Waals surface area contributed by atoms with E-state index in [2.05, 4.69) is 4.72 Å². The van der Waals surface area contributed by atoms with E-state index in [9.17, 15) is 23.3 Å². The molecule has 0 saturated carbocycles. The largest absolute Gasteiger partial charge is 0.454 e. The van der Waals surface area contributed by atoms with E-state index in [1.807, 2.05) is 0 Å². The number of nitro groups is 1. The van der Waals surface area contributed by atoms with Gasteiger partial charge in [-0.15, -0.1) is 0 Å². The fraction of sp³-hybridized carbons (Fsp3) is 0.316. The van der Waals surface area contributed by atoms with E-state index in [1.165, 1.54) is 12.1 Å². The number of carbonyl (C=O) groups excluding carboxylic acids is 1. The summed E-state index contributed by atoms with van der Waals surface area (Å²) in [5.41, 5.74) is 0.313. The number of ether oxygens (including phenoxy) is 2. The molecule has 2 aliphatic heterocycles. The van der Waals surface area contributed by atoms with Crippen LogP contribution in [-0.4, -0.2) is 50.1 Å². The second-order valence-corrected chi connectivity index (χ2v) is 8.72. The highest BCUT2D eigenvalue weighted by Crippen LogP contribution is 2.33. The summed E-state index contributed by atoms with van der Waals surface area (Å²) in [5, 5.41) is 10.7. The molecule has 158 valence electrons. The van der Waals surface area contributed by atoms with Gasteiger partial charge in [0.25, 0.3) is 11.6 Å². The van der Waals surface area contributed by atoms with Crippen LogP contribution in [0.15, 0.2) is 47.4 Å². The molecule has 0 unspecified atom stereocenters. The number of nitrogens with zero attached hydrogens (tertiary/aromatic N) is 2. The number of fused-ring (bicyclic) bond motifs is 1. The monoisotopic (exact) mass is 433 g/mol. The van der Waals surface area contributed by atoms with Gasteiger partial charge in [0, 0.05) is 36.8 Å². The fourth-order valence-electron chi connectivity index (χ4n) is 3.45. The molecule has 0 spiro atoms. The van der Waals surface area contributed by atoms with E-state index in [0.29, 0.717) is 43.0 Å². The van der Waals surface area contributed by atoms with E-state index in [0.717, 1.165) is 12.1 Å². The number of nitrogens with one attached hydrogen (secondary N) is 1. The lowest BCUT2D eigenvalue weighted by Crippen LogP contribution is -2.46. The Morgan fingerprint density at radius 3 is 2.40 bits per heavy atom. The molecule has 2 aromatic carbocycles. The molecule has 0 aliphatic carbocycles. The smallest absolute Gasteiger partial charge is 0.269 e. The Kier molecular flexibility index (Phi) is 5.31. The SMILES string of the molecule is O=C(c1ccc2c(c1)OCO2)N1CCC(NS(=O)(=O)c2ccc([N+](=O)[O-])cc2)CC1. The van der Waals surface area contributed by atoms with Crippen LogP contribution in [0.2, 0.25) is 0 Å². The van der Waals surface area contributed by atoms with Gasteiger partial charge in [-0.3, -0.25) is 14.9 Å². The molecule has 1 N–H and O–H groups in total. The molecule has 1 fully saturated rings. The lowest BCUT2D eigenvalue weighted by molar-refractivity contribution is -0.384. The molecular weight excluding hydrogens is 414 g/mol. The van der Waals surface area contributed by atoms with Crippen molar-refractivity contribution in [2.45, 2.75) is 23.8 Å². The number of sulfonamides is 1. The first kappa shape index (κ1) is 20.1. The van der Waals surface area contributed by atoms with Crippen molar-refractivity contribution in [1.82, 2.24) is 9.62 Å². The molecule has 0 radical (unpaired) electrons. The van der Waals surface area contributed by atoms with Gasteiger partial charge in [-0.1, -0.05) is 0 Å². The van der Waals surface area contributed by atoms with E-state index < -0.39 is 14.9 Å². The average molecular weight is 433 g/mol. The number of rotatable bonds is 5. The molecule has 2 heterocycles. The van der Waals surface area contributed by atoms with Gasteiger partial charge < -0.3 is 14.4 Å². The van der Waals surface area contributed by atoms with Gasteiger partial charge in [0.05, 0.1) is 9.82 Å². The van der Waals surface area contributed by atoms with Gasteiger partial charge in [0.15, 0.2) is 11.5 Å². The molecule has 1 saturated heterocycles. The average Bonchev–Trinajstić information content (AvgIpc) is 3.21. The van der Waals surface area contributed by atoms with Crippen LogP contribution < -0.4 is 14.2 Å². The van der Waals surface area contributed by atoms with Crippen LogP contribution in [0.4, 0.5) is 5.69 Å². The van der Waals surface area contributed by atoms with E-state index >= 15 is 0 Å². The summed E-state index contributed by atoms with van der Waals surface area (Å²) in [5.74, 6) is 0.988. The zero-order valence-electron chi connectivity index (χ0n) is 15.8. The van der Waals surface area contributed by atoms with Crippen molar-refractivity contribution >= 4 is 21.6 Å². The van der Waals surface area contributed by atoms with Crippen molar-refractivity contribution in [2.75, 3.05) is 19.9 Å². The lowest BCUT2D eigenvalue weighted by Gasteiger charge is -2.32. The third-order valence-electron chi connectivity index (χ3n) is 5.08. The minimum absolute atomic E-state index is 0.0352. The zero-order valence-corrected chi connectivity index (χ0v) is 16.6. The number of amides is 1. The molecule has 1 amide bonds. The van der Waals surface area contributed by atoms with Crippen molar-refractivity contribution < 1.29 is 27.6 Å². The Balaban J connectivity index is 1.36. The van der Waals surface area contributed by atoms with E-state index in [1.54, 1.807) is 23.1 Å². The fourth-order valence-corrected chi connectivity index (χ4v) is 4.75. The molecular formula is C19H19N3O7S. The van der Waals surface area contributed by atoms with Gasteiger partial charge in [-0.25, -0.2) is 13.1 Å². The topological polar surface area (TPSA) is 128 Å². The number of hydrogen-bond donors (Lipinski definition) is 1. The molecule has 11 heteroatoms. The molecule has 4 rings (SSSR count). The summed E-state index contributed by atoms with van der Waals surface area (Å²) < 4.78 is 38.3. The number of nitro benzene ring substituents is 1. The normalized spacial score (nSPS) is 16.5. The minimum atomic E-state index is -3.81. The van der Waals surface area contributed by atoms with E-state index in [-0.39, 0.29) is 29.3 Å². The maximum atomic E-state index is 12.7. The van der Waals surface area contributed by atoms with Crippen molar-refractivity contribution in [2.24, 2.45) is 0 Å². The summed E-state index contributed by atoms with van der Waals surface area (Å²) >= 11 is 0. The highest BCUT2D eigenvalue weighted by atomic mass is 32.2. The number of benzene rings is 2. The van der Waals surface area contributed by atoms with Gasteiger partial charge in [0.2, 0.25) is 16.8 Å². The number of carbonyl (C=O) groups is 1. The van der Waals surface area contributed by atoms with Crippen molar-refractivity contribution in [3.63, 3.8) is 0 Å². The molecule has 2 aromatic rings. The number of likely N-dealkylation sites (tertiary alicyclic amines) is 1. The van der Waals surface area contributed by atoms with Crippen LogP contribution in [0.5, 0.6) is 11.5 Å². The van der Waals surface area contributed by atoms with Crippen LogP contribution in [0.1, 0.15) is 23.2 Å². The molecule has 30 heavy (non-hydrogen) atoms. The summed E-state index contributed by atoms with van der Waals surface area (Å²) in [6, 6.07) is 9.42. The zero-order chi connectivity index (χ0) is 21.3. The van der Waals surface area contributed by atoms with Crippen LogP contribution in [0.3, 0.4) is 0 Å². The molecule has 0 bridgehead atoms. The Bertz CT molecular complexity index is 1080. The third kappa shape index (κ3) is 4.07. The Morgan fingerprint density at radius 1 is 1.07 bits per heavy atom. The first-order chi connectivity index (χ1) is 14.3. The summed E-state index contributed by atoms with van der Waals surface area (Å²) in [4.78, 5) is 24.5. The molecule has 0 atom stereocenters. The maximum Gasteiger partial charge on any atom is 0.269 e. The van der Waals surface area contributed by atoms with Gasteiger partial charge in [-0.2, -0.15) is 0 Å². The minimum Gasteiger partial charge on any atom is -0.454 e. The van der Waals surface area contributed by atoms with Crippen LogP contribution >= 0.6 is 0 Å². The maximum absolute atomic E-state index is 12.7. The highest BCUT2D eigenvalue weighted by molar-refractivity contribution is 7.89. The van der Waals surface area contributed by atoms with Gasteiger partial charge >= 0.3 is 0 Å². The first-order valence-electron chi connectivity index (χ1n) is 9.29. The number of non-ortho nitro benzene ring substituents is 1. The molecule has 0 aromatic heterocycles. The number of piperidine rings is 1. The first-order valence-corrected chi connectivity index (χ1v) is 10.8. The summed E-state index contributed by atoms with van der Waals surface area (Å²) in [6.45, 7) is 0.939. The molecule has 2 aliphatic rings. The number of hydrogen-bond acceptors (Lipinski definition) is 7. The Hall–Kier alpha value is -3.18. The quantitative estimate of drug-likeness (QED) is 0.563. The highest BCUT2D eigenvalue weighted by Gasteiger charge is 2.28. The van der Waals surface area contributed by atoms with Gasteiger partial charge in [-0.05, 0) is 43.2 Å². The van der Waals surface area contributed by atoms with Crippen molar-refractivity contribution in [1.29, 1.82) is 0 Å². The second-order valence-electron chi connectivity index (χ2n) is 7.01. The Morgan fingerprint density at radius 2 is 1.73 bits per heavy atom. The standard InChI is InChI=1S/C19H19N3O7S/c23-19(13-1-6-17-18(11-13)29-12-28-17)21-9-7-14(8-10-21)20-30(26,27)16-4-2-15(3-5-16)22(24)25/h1-6,11,14,20H,7-10,12H2. The molecule has 10 nitrogen and oxygen atoms in total. The lowest BCUT2D eigenvalue weighted by atomic mass is 10.0. The summed E-state index contributed by atoms with van der Waals surface area (Å²) in [6.07, 6.45) is 0.922. The van der Waals surface area contributed by atoms with Crippen molar-refractivity contribution in [3.05, 3.63) is 58.1 Å². The predicted molar refractivity (Wildman–Crippen MR) is 105 cm³/mol. The summed E-state index contributed by atoms with van der Waals surface area (Å²) in [7, 11) is -3.81. The van der Waals surface area contributed by atoms with Crippen LogP contribution in [0.25, 0.3) is 0 Å². The van der Waals surface area contributed by atoms with E-state index in [4.69, 9.17) is 9.47 Å². The van der Waals surface area contributed by atoms with Crippen LogP contribution in [-0.2, 0) is 10.0 Å². The second kappa shape index (κ2) is 7.92. The van der Waals surface area contributed by atoms with Gasteiger partial charge in [0.1, 0.15) is 0 Å². The van der Waals surface area contributed by atoms with Crippen LogP contribution in [0, 0.1) is 10.1 Å². The van der Waals surface area contributed by atoms with Crippen molar-refractivity contribution in [3.8, 4) is 11.5 Å². The Labute approximate surface area is 172 Å². The predicted octanol–water partition coefficient (Wildman–Crippen LogP) is 1.91. The third-order valence-corrected chi connectivity index (χ3v) is 6.62.